The zero-order valence-electron chi connectivity index (χ0n) is 9.77. The van der Waals surface area contributed by atoms with Crippen LogP contribution in [0.2, 0.25) is 0 Å². The van der Waals surface area contributed by atoms with Crippen molar-refractivity contribution >= 4 is 32.7 Å². The van der Waals surface area contributed by atoms with Crippen molar-refractivity contribution in [1.29, 1.82) is 0 Å². The topological polar surface area (TPSA) is 52.0 Å². The molecule has 0 aliphatic carbocycles. The fraction of sp³-hybridized carbons (Fsp3) is 0.0714. The van der Waals surface area contributed by atoms with Gasteiger partial charge in [-0.2, -0.15) is 0 Å². The number of hydrogen-bond donors (Lipinski definition) is 1. The van der Waals surface area contributed by atoms with Crippen LogP contribution in [-0.4, -0.2) is 4.98 Å². The lowest BCUT2D eigenvalue weighted by molar-refractivity contribution is 0.620. The second-order valence-electron chi connectivity index (χ2n) is 4.19. The van der Waals surface area contributed by atoms with Crippen molar-refractivity contribution in [1.82, 2.24) is 4.98 Å². The lowest BCUT2D eigenvalue weighted by Gasteiger charge is -2.02. The third-order valence-electron chi connectivity index (χ3n) is 2.83. The average molecular weight is 303 g/mol. The molecular weight excluding hydrogens is 292 g/mol. The van der Waals surface area contributed by atoms with Crippen LogP contribution >= 0.6 is 15.9 Å². The molecule has 3 aromatic rings. The lowest BCUT2D eigenvalue weighted by Crippen LogP contribution is -1.91. The first kappa shape index (κ1) is 11.3. The lowest BCUT2D eigenvalue weighted by atomic mass is 10.2. The Labute approximate surface area is 113 Å². The summed E-state index contributed by atoms with van der Waals surface area (Å²) in [6.45, 7) is 2.03. The molecule has 0 saturated carbocycles. The minimum Gasteiger partial charge on any atom is -0.436 e. The van der Waals surface area contributed by atoms with Crippen molar-refractivity contribution in [2.75, 3.05) is 5.73 Å². The number of para-hydroxylation sites is 1. The molecule has 0 unspecified atom stereocenters. The van der Waals surface area contributed by atoms with E-state index in [9.17, 15) is 0 Å². The van der Waals surface area contributed by atoms with E-state index in [1.165, 1.54) is 0 Å². The SMILES string of the molecule is Cc1ccc2oc(-c3cccc(Br)c3N)nc2c1. The standard InChI is InChI=1S/C14H11BrN2O/c1-8-5-6-12-11(7-8)17-14(18-12)9-3-2-4-10(15)13(9)16/h2-7H,16H2,1H3. The summed E-state index contributed by atoms with van der Waals surface area (Å²) in [5.41, 5.74) is 10.2. The number of hydrogen-bond acceptors (Lipinski definition) is 3. The summed E-state index contributed by atoms with van der Waals surface area (Å²) < 4.78 is 6.58. The Morgan fingerprint density at radius 2 is 2.06 bits per heavy atom. The third kappa shape index (κ3) is 1.78. The van der Waals surface area contributed by atoms with E-state index >= 15 is 0 Å². The van der Waals surface area contributed by atoms with Crippen LogP contribution in [0.5, 0.6) is 0 Å². The van der Waals surface area contributed by atoms with E-state index in [1.54, 1.807) is 0 Å². The molecule has 0 amide bonds. The van der Waals surface area contributed by atoms with E-state index in [-0.39, 0.29) is 0 Å². The van der Waals surface area contributed by atoms with Gasteiger partial charge in [-0.25, -0.2) is 4.98 Å². The molecule has 2 N–H and O–H groups in total. The molecule has 0 aliphatic rings. The summed E-state index contributed by atoms with van der Waals surface area (Å²) in [5.74, 6) is 0.550. The van der Waals surface area contributed by atoms with Crippen molar-refractivity contribution < 1.29 is 4.42 Å². The Bertz CT molecular complexity index is 734. The maximum absolute atomic E-state index is 6.02. The summed E-state index contributed by atoms with van der Waals surface area (Å²) in [5, 5.41) is 0. The number of aryl methyl sites for hydroxylation is 1. The molecule has 0 atom stereocenters. The van der Waals surface area contributed by atoms with Crippen LogP contribution in [-0.2, 0) is 0 Å². The van der Waals surface area contributed by atoms with E-state index < -0.39 is 0 Å². The van der Waals surface area contributed by atoms with Crippen LogP contribution in [0.15, 0.2) is 45.3 Å². The zero-order valence-corrected chi connectivity index (χ0v) is 11.4. The van der Waals surface area contributed by atoms with Crippen LogP contribution in [0.25, 0.3) is 22.6 Å². The van der Waals surface area contributed by atoms with Gasteiger partial charge in [0.2, 0.25) is 5.89 Å². The molecule has 90 valence electrons. The number of anilines is 1. The van der Waals surface area contributed by atoms with Gasteiger partial charge < -0.3 is 10.2 Å². The number of nitrogens with two attached hydrogens (primary N) is 1. The molecule has 1 heterocycles. The van der Waals surface area contributed by atoms with Gasteiger partial charge in [0.15, 0.2) is 5.58 Å². The fourth-order valence-electron chi connectivity index (χ4n) is 1.88. The molecule has 3 rings (SSSR count). The van der Waals surface area contributed by atoms with Gasteiger partial charge in [0.1, 0.15) is 5.52 Å². The molecular formula is C14H11BrN2O. The Kier molecular flexibility index (Phi) is 2.59. The average Bonchev–Trinajstić information content (AvgIpc) is 2.75. The van der Waals surface area contributed by atoms with Crippen molar-refractivity contribution in [3.63, 3.8) is 0 Å². The maximum Gasteiger partial charge on any atom is 0.229 e. The van der Waals surface area contributed by atoms with Crippen LogP contribution < -0.4 is 5.73 Å². The number of nitrogens with zero attached hydrogens (tertiary/aromatic N) is 1. The minimum absolute atomic E-state index is 0.550. The second-order valence-corrected chi connectivity index (χ2v) is 5.05. The number of fused-ring (bicyclic) bond motifs is 1. The molecule has 0 spiro atoms. The maximum atomic E-state index is 6.02. The van der Waals surface area contributed by atoms with Gasteiger partial charge in [0.25, 0.3) is 0 Å². The summed E-state index contributed by atoms with van der Waals surface area (Å²) in [7, 11) is 0. The van der Waals surface area contributed by atoms with E-state index in [0.717, 1.165) is 26.7 Å². The number of benzene rings is 2. The van der Waals surface area contributed by atoms with E-state index in [1.807, 2.05) is 43.3 Å². The predicted octanol–water partition coefficient (Wildman–Crippen LogP) is 4.15. The quantitative estimate of drug-likeness (QED) is 0.687. The second kappa shape index (κ2) is 4.14. The fourth-order valence-corrected chi connectivity index (χ4v) is 2.24. The molecule has 4 heteroatoms. The van der Waals surface area contributed by atoms with Gasteiger partial charge in [-0.05, 0) is 52.7 Å². The first-order valence-corrected chi connectivity index (χ1v) is 6.36. The Hall–Kier alpha value is -1.81. The zero-order chi connectivity index (χ0) is 12.7. The molecule has 0 saturated heterocycles. The Morgan fingerprint density at radius 3 is 2.89 bits per heavy atom. The summed E-state index contributed by atoms with van der Waals surface area (Å²) in [6, 6.07) is 11.6. The Morgan fingerprint density at radius 1 is 1.22 bits per heavy atom. The predicted molar refractivity (Wildman–Crippen MR) is 76.3 cm³/mol. The molecule has 0 radical (unpaired) electrons. The summed E-state index contributed by atoms with van der Waals surface area (Å²) in [6.07, 6.45) is 0. The van der Waals surface area contributed by atoms with Crippen LogP contribution in [0.4, 0.5) is 5.69 Å². The highest BCUT2D eigenvalue weighted by Crippen LogP contribution is 2.32. The van der Waals surface area contributed by atoms with Crippen molar-refractivity contribution in [3.05, 3.63) is 46.4 Å². The monoisotopic (exact) mass is 302 g/mol. The normalized spacial score (nSPS) is 11.0. The summed E-state index contributed by atoms with van der Waals surface area (Å²) >= 11 is 3.40. The highest BCUT2D eigenvalue weighted by atomic mass is 79.9. The molecule has 0 bridgehead atoms. The highest BCUT2D eigenvalue weighted by Gasteiger charge is 2.12. The minimum atomic E-state index is 0.550. The van der Waals surface area contributed by atoms with E-state index in [4.69, 9.17) is 10.2 Å². The van der Waals surface area contributed by atoms with Gasteiger partial charge in [0.05, 0.1) is 11.3 Å². The van der Waals surface area contributed by atoms with Gasteiger partial charge >= 0.3 is 0 Å². The van der Waals surface area contributed by atoms with Crippen molar-refractivity contribution in [3.8, 4) is 11.5 Å². The number of aromatic nitrogens is 1. The summed E-state index contributed by atoms with van der Waals surface area (Å²) in [4.78, 5) is 4.48. The van der Waals surface area contributed by atoms with E-state index in [0.29, 0.717) is 11.6 Å². The van der Waals surface area contributed by atoms with Crippen LogP contribution in [0.3, 0.4) is 0 Å². The molecule has 0 aliphatic heterocycles. The largest absolute Gasteiger partial charge is 0.436 e. The molecule has 3 nitrogen and oxygen atoms in total. The number of halogens is 1. The van der Waals surface area contributed by atoms with Gasteiger partial charge in [-0.1, -0.05) is 12.1 Å². The van der Waals surface area contributed by atoms with Crippen molar-refractivity contribution in [2.45, 2.75) is 6.92 Å². The first-order chi connectivity index (χ1) is 8.65. The van der Waals surface area contributed by atoms with Gasteiger partial charge in [0, 0.05) is 4.47 Å². The third-order valence-corrected chi connectivity index (χ3v) is 3.52. The molecule has 1 aromatic heterocycles. The van der Waals surface area contributed by atoms with E-state index in [2.05, 4.69) is 20.9 Å². The van der Waals surface area contributed by atoms with Crippen molar-refractivity contribution in [2.24, 2.45) is 0 Å². The van der Waals surface area contributed by atoms with Gasteiger partial charge in [-0.3, -0.25) is 0 Å². The van der Waals surface area contributed by atoms with Crippen LogP contribution in [0.1, 0.15) is 5.56 Å². The molecule has 2 aromatic carbocycles. The first-order valence-electron chi connectivity index (χ1n) is 5.57. The number of nitrogen functional groups attached to an aromatic ring is 1. The highest BCUT2D eigenvalue weighted by molar-refractivity contribution is 9.10. The van der Waals surface area contributed by atoms with Gasteiger partial charge in [-0.15, -0.1) is 0 Å². The van der Waals surface area contributed by atoms with Crippen LogP contribution in [0, 0.1) is 6.92 Å². The number of oxazole rings is 1. The molecule has 18 heavy (non-hydrogen) atoms. The Balaban J connectivity index is 2.22. The number of rotatable bonds is 1. The smallest absolute Gasteiger partial charge is 0.229 e. The molecule has 0 fully saturated rings.